The van der Waals surface area contributed by atoms with Crippen LogP contribution < -0.4 is 11.2 Å². The summed E-state index contributed by atoms with van der Waals surface area (Å²) in [5.41, 5.74) is 0.285. The van der Waals surface area contributed by atoms with E-state index in [1.165, 1.54) is 17.7 Å². The fourth-order valence-electron chi connectivity index (χ4n) is 2.35. The number of aromatic nitrogens is 3. The van der Waals surface area contributed by atoms with Gasteiger partial charge in [-0.3, -0.25) is 13.9 Å². The second-order valence-electron chi connectivity index (χ2n) is 4.61. The van der Waals surface area contributed by atoms with Crippen molar-refractivity contribution in [3.05, 3.63) is 57.1 Å². The largest absolute Gasteiger partial charge is 0.358 e. The average molecular weight is 273 g/mol. The maximum Gasteiger partial charge on any atom is 0.330 e. The Balaban J connectivity index is 2.50. The molecule has 0 aliphatic heterocycles. The van der Waals surface area contributed by atoms with Crippen molar-refractivity contribution >= 4 is 10.9 Å². The molecule has 0 radical (unpaired) electrons. The second kappa shape index (κ2) is 4.19. The van der Waals surface area contributed by atoms with Crippen LogP contribution in [0.25, 0.3) is 22.2 Å². The fourth-order valence-corrected chi connectivity index (χ4v) is 2.35. The van der Waals surface area contributed by atoms with Gasteiger partial charge >= 0.3 is 5.69 Å². The Morgan fingerprint density at radius 2 is 1.80 bits per heavy atom. The lowest BCUT2D eigenvalue weighted by atomic mass is 10.1. The van der Waals surface area contributed by atoms with Gasteiger partial charge in [-0.15, -0.1) is 0 Å². The first-order valence-corrected chi connectivity index (χ1v) is 6.04. The number of hydrogen-bond acceptors (Lipinski definition) is 2. The van der Waals surface area contributed by atoms with Crippen molar-refractivity contribution in [2.24, 2.45) is 14.1 Å². The van der Waals surface area contributed by atoms with Gasteiger partial charge in [-0.05, 0) is 12.1 Å². The molecular weight excluding hydrogens is 261 g/mol. The molecule has 0 aliphatic carbocycles. The van der Waals surface area contributed by atoms with Crippen LogP contribution >= 0.6 is 0 Å². The molecule has 0 aliphatic rings. The molecule has 0 amide bonds. The molecule has 1 aromatic carbocycles. The van der Waals surface area contributed by atoms with E-state index in [-0.39, 0.29) is 0 Å². The zero-order chi connectivity index (χ0) is 14.4. The average Bonchev–Trinajstić information content (AvgIpc) is 2.88. The van der Waals surface area contributed by atoms with Crippen molar-refractivity contribution in [2.45, 2.75) is 0 Å². The number of benzene rings is 1. The van der Waals surface area contributed by atoms with Crippen LogP contribution in [0.1, 0.15) is 0 Å². The first kappa shape index (κ1) is 12.4. The van der Waals surface area contributed by atoms with Crippen LogP contribution in [0.4, 0.5) is 4.39 Å². The predicted octanol–water partition coefficient (Wildman–Crippen LogP) is 1.37. The molecule has 0 saturated carbocycles. The smallest absolute Gasteiger partial charge is 0.330 e. The minimum Gasteiger partial charge on any atom is -0.358 e. The van der Waals surface area contributed by atoms with Crippen LogP contribution in [0.2, 0.25) is 0 Å². The van der Waals surface area contributed by atoms with Crippen molar-refractivity contribution in [1.82, 2.24) is 14.1 Å². The van der Waals surface area contributed by atoms with E-state index in [9.17, 15) is 14.0 Å². The monoisotopic (exact) mass is 273 g/mol. The number of fused-ring (bicyclic) bond motifs is 1. The molecule has 2 aromatic heterocycles. The van der Waals surface area contributed by atoms with Gasteiger partial charge < -0.3 is 4.98 Å². The highest BCUT2D eigenvalue weighted by Gasteiger charge is 2.17. The molecule has 3 aromatic rings. The molecular formula is C14H12FN3O2. The van der Waals surface area contributed by atoms with E-state index < -0.39 is 17.1 Å². The number of halogens is 1. The summed E-state index contributed by atoms with van der Waals surface area (Å²) in [5, 5.41) is 0.305. The zero-order valence-electron chi connectivity index (χ0n) is 11.0. The Bertz CT molecular complexity index is 934. The second-order valence-corrected chi connectivity index (χ2v) is 4.61. The van der Waals surface area contributed by atoms with Gasteiger partial charge in [-0.25, -0.2) is 9.18 Å². The van der Waals surface area contributed by atoms with E-state index in [2.05, 4.69) is 4.98 Å². The van der Waals surface area contributed by atoms with Crippen molar-refractivity contribution < 1.29 is 4.39 Å². The van der Waals surface area contributed by atoms with E-state index in [0.717, 1.165) is 4.57 Å². The van der Waals surface area contributed by atoms with Crippen LogP contribution in [0, 0.1) is 5.82 Å². The Kier molecular flexibility index (Phi) is 2.60. The summed E-state index contributed by atoms with van der Waals surface area (Å²) in [5.74, 6) is -0.424. The van der Waals surface area contributed by atoms with Gasteiger partial charge in [0.15, 0.2) is 0 Å². The number of nitrogens with one attached hydrogen (secondary N) is 1. The highest BCUT2D eigenvalue weighted by atomic mass is 19.1. The molecule has 0 atom stereocenters. The zero-order valence-corrected chi connectivity index (χ0v) is 11.0. The summed E-state index contributed by atoms with van der Waals surface area (Å²) in [6, 6.07) is 6.19. The normalized spacial score (nSPS) is 11.2. The fraction of sp³-hybridized carbons (Fsp3) is 0.143. The van der Waals surface area contributed by atoms with Gasteiger partial charge in [0.2, 0.25) is 0 Å². The number of aryl methyl sites for hydroxylation is 1. The molecule has 0 fully saturated rings. The van der Waals surface area contributed by atoms with Gasteiger partial charge in [-0.2, -0.15) is 0 Å². The molecule has 5 nitrogen and oxygen atoms in total. The number of aromatic amines is 1. The molecule has 102 valence electrons. The minimum absolute atomic E-state index is 0.304. The van der Waals surface area contributed by atoms with Crippen LogP contribution in [-0.4, -0.2) is 14.1 Å². The third kappa shape index (κ3) is 1.54. The number of nitrogens with zero attached hydrogens (tertiary/aromatic N) is 2. The molecule has 1 N–H and O–H groups in total. The van der Waals surface area contributed by atoms with Gasteiger partial charge in [0.1, 0.15) is 5.82 Å². The summed E-state index contributed by atoms with van der Waals surface area (Å²) in [7, 11) is 2.98. The van der Waals surface area contributed by atoms with Crippen molar-refractivity contribution in [2.75, 3.05) is 0 Å². The molecule has 2 heterocycles. The predicted molar refractivity (Wildman–Crippen MR) is 74.2 cm³/mol. The number of rotatable bonds is 1. The summed E-state index contributed by atoms with van der Waals surface area (Å²) in [6.07, 6.45) is 1.54. The third-order valence-corrected chi connectivity index (χ3v) is 3.46. The Morgan fingerprint density at radius 1 is 1.10 bits per heavy atom. The summed E-state index contributed by atoms with van der Waals surface area (Å²) < 4.78 is 16.3. The van der Waals surface area contributed by atoms with E-state index in [1.54, 1.807) is 31.4 Å². The van der Waals surface area contributed by atoms with E-state index in [4.69, 9.17) is 0 Å². The topological polar surface area (TPSA) is 59.8 Å². The molecule has 0 saturated heterocycles. The highest BCUT2D eigenvalue weighted by molar-refractivity contribution is 5.93. The van der Waals surface area contributed by atoms with Gasteiger partial charge in [-0.1, -0.05) is 12.1 Å². The summed E-state index contributed by atoms with van der Waals surface area (Å²) in [4.78, 5) is 27.0. The summed E-state index contributed by atoms with van der Waals surface area (Å²) >= 11 is 0. The highest BCUT2D eigenvalue weighted by Crippen LogP contribution is 2.26. The maximum absolute atomic E-state index is 13.9. The van der Waals surface area contributed by atoms with Crippen molar-refractivity contribution in [3.8, 4) is 11.3 Å². The lowest BCUT2D eigenvalue weighted by Gasteiger charge is -2.05. The molecule has 3 rings (SSSR count). The van der Waals surface area contributed by atoms with Gasteiger partial charge in [0, 0.05) is 25.9 Å². The quantitative estimate of drug-likeness (QED) is 0.728. The first-order chi connectivity index (χ1) is 9.52. The molecule has 6 heteroatoms. The lowest BCUT2D eigenvalue weighted by Crippen LogP contribution is -2.36. The van der Waals surface area contributed by atoms with Gasteiger partial charge in [0.25, 0.3) is 5.56 Å². The van der Waals surface area contributed by atoms with E-state index >= 15 is 0 Å². The van der Waals surface area contributed by atoms with Crippen LogP contribution in [0.15, 0.2) is 40.1 Å². The van der Waals surface area contributed by atoms with Crippen molar-refractivity contribution in [3.63, 3.8) is 0 Å². The minimum atomic E-state index is -0.442. The molecule has 0 bridgehead atoms. The maximum atomic E-state index is 13.9. The van der Waals surface area contributed by atoms with Crippen LogP contribution in [0.3, 0.4) is 0 Å². The standard InChI is InChI=1S/C14H12FN3O2/c1-17-10-7-16-12(8-5-3-4-6-9(8)15)11(10)13(19)18(2)14(17)20/h3-7,16H,1-2H3. The number of hydrogen-bond donors (Lipinski definition) is 1. The van der Waals surface area contributed by atoms with Gasteiger partial charge in [0.05, 0.1) is 16.6 Å². The Morgan fingerprint density at radius 3 is 2.50 bits per heavy atom. The Hall–Kier alpha value is -2.63. The third-order valence-electron chi connectivity index (χ3n) is 3.46. The van der Waals surface area contributed by atoms with Crippen LogP contribution in [-0.2, 0) is 14.1 Å². The SMILES string of the molecule is Cn1c(=O)c2c(-c3ccccc3F)[nH]cc2n(C)c1=O. The lowest BCUT2D eigenvalue weighted by molar-refractivity contribution is 0.631. The van der Waals surface area contributed by atoms with Crippen molar-refractivity contribution in [1.29, 1.82) is 0 Å². The van der Waals surface area contributed by atoms with E-state index in [1.807, 2.05) is 0 Å². The first-order valence-electron chi connectivity index (χ1n) is 6.04. The molecule has 20 heavy (non-hydrogen) atoms. The summed E-state index contributed by atoms with van der Waals surface area (Å²) in [6.45, 7) is 0. The number of H-pyrrole nitrogens is 1. The molecule has 0 spiro atoms. The Labute approximate surface area is 112 Å². The van der Waals surface area contributed by atoms with Crippen LogP contribution in [0.5, 0.6) is 0 Å². The molecule has 0 unspecified atom stereocenters. The van der Waals surface area contributed by atoms with E-state index in [0.29, 0.717) is 22.2 Å².